The van der Waals surface area contributed by atoms with Crippen LogP contribution in [0.3, 0.4) is 0 Å². The molecular formula is C19H27N5O4. The van der Waals surface area contributed by atoms with Gasteiger partial charge in [-0.2, -0.15) is 5.10 Å². The maximum absolute atomic E-state index is 13.2. The standard InChI is InChI=1S/C19H27N5O4/c1-14(2)13-24-18(28)23(9-4-12-25)17(27)19(24)6-10-22(11-7-19)16(26)15-5-3-8-20-21-15/h3,5,8,14,25H,4,6-7,9-13H2,1-2H3. The number of piperidine rings is 1. The number of carbonyl (C=O) groups is 3. The number of imide groups is 1. The first-order valence-corrected chi connectivity index (χ1v) is 9.72. The second-order valence-electron chi connectivity index (χ2n) is 7.75. The van der Waals surface area contributed by atoms with Crippen molar-refractivity contribution in [1.82, 2.24) is 24.9 Å². The van der Waals surface area contributed by atoms with Gasteiger partial charge in [0.25, 0.3) is 11.8 Å². The van der Waals surface area contributed by atoms with Crippen LogP contribution < -0.4 is 0 Å². The number of likely N-dealkylation sites (tertiary alicyclic amines) is 1. The lowest BCUT2D eigenvalue weighted by Gasteiger charge is -2.42. The summed E-state index contributed by atoms with van der Waals surface area (Å²) in [4.78, 5) is 43.4. The van der Waals surface area contributed by atoms with E-state index >= 15 is 0 Å². The number of hydrogen-bond donors (Lipinski definition) is 1. The summed E-state index contributed by atoms with van der Waals surface area (Å²) < 4.78 is 0. The molecule has 28 heavy (non-hydrogen) atoms. The summed E-state index contributed by atoms with van der Waals surface area (Å²) in [5.41, 5.74) is -0.633. The molecule has 2 saturated heterocycles. The van der Waals surface area contributed by atoms with E-state index in [2.05, 4.69) is 10.2 Å². The molecule has 1 aromatic heterocycles. The van der Waals surface area contributed by atoms with Crippen molar-refractivity contribution in [2.75, 3.05) is 32.8 Å². The van der Waals surface area contributed by atoms with Crippen LogP contribution in [-0.2, 0) is 4.79 Å². The van der Waals surface area contributed by atoms with Crippen LogP contribution in [0, 0.1) is 5.92 Å². The number of aromatic nitrogens is 2. The Hall–Kier alpha value is -2.55. The summed E-state index contributed by atoms with van der Waals surface area (Å²) in [5.74, 6) is -0.212. The van der Waals surface area contributed by atoms with E-state index in [4.69, 9.17) is 5.11 Å². The highest BCUT2D eigenvalue weighted by Gasteiger charge is 2.58. The first kappa shape index (κ1) is 20.2. The molecule has 2 aliphatic heterocycles. The van der Waals surface area contributed by atoms with Gasteiger partial charge in [-0.1, -0.05) is 13.8 Å². The molecule has 2 aliphatic rings. The van der Waals surface area contributed by atoms with Gasteiger partial charge in [0, 0.05) is 39.0 Å². The van der Waals surface area contributed by atoms with Crippen molar-refractivity contribution in [3.8, 4) is 0 Å². The maximum Gasteiger partial charge on any atom is 0.327 e. The molecule has 3 heterocycles. The fraction of sp³-hybridized carbons (Fsp3) is 0.632. The van der Waals surface area contributed by atoms with E-state index < -0.39 is 5.54 Å². The molecule has 9 nitrogen and oxygen atoms in total. The molecule has 0 aliphatic carbocycles. The molecule has 0 unspecified atom stereocenters. The normalized spacial score (nSPS) is 19.2. The summed E-state index contributed by atoms with van der Waals surface area (Å²) in [5, 5.41) is 16.7. The van der Waals surface area contributed by atoms with E-state index in [0.717, 1.165) is 0 Å². The number of aliphatic hydroxyl groups excluding tert-OH is 1. The summed E-state index contributed by atoms with van der Waals surface area (Å²) in [7, 11) is 0. The Labute approximate surface area is 164 Å². The summed E-state index contributed by atoms with van der Waals surface area (Å²) in [6.07, 6.45) is 2.66. The van der Waals surface area contributed by atoms with Gasteiger partial charge >= 0.3 is 6.03 Å². The van der Waals surface area contributed by atoms with E-state index in [1.54, 1.807) is 21.9 Å². The highest BCUT2D eigenvalue weighted by Crippen LogP contribution is 2.38. The van der Waals surface area contributed by atoms with Gasteiger partial charge in [-0.05, 0) is 37.3 Å². The zero-order valence-corrected chi connectivity index (χ0v) is 16.4. The van der Waals surface area contributed by atoms with Crippen LogP contribution in [0.4, 0.5) is 4.79 Å². The number of urea groups is 1. The van der Waals surface area contributed by atoms with Crippen molar-refractivity contribution in [2.45, 2.75) is 38.6 Å². The fourth-order valence-corrected chi connectivity index (χ4v) is 3.97. The summed E-state index contributed by atoms with van der Waals surface area (Å²) in [6.45, 7) is 5.39. The molecule has 152 valence electrons. The van der Waals surface area contributed by atoms with Crippen LogP contribution in [0.5, 0.6) is 0 Å². The van der Waals surface area contributed by atoms with Gasteiger partial charge in [-0.15, -0.1) is 5.10 Å². The molecule has 1 N–H and O–H groups in total. The smallest absolute Gasteiger partial charge is 0.327 e. The van der Waals surface area contributed by atoms with Crippen molar-refractivity contribution < 1.29 is 19.5 Å². The molecule has 4 amide bonds. The number of carbonyl (C=O) groups excluding carboxylic acids is 3. The zero-order chi connectivity index (χ0) is 20.3. The number of rotatable bonds is 6. The average molecular weight is 389 g/mol. The van der Waals surface area contributed by atoms with Crippen LogP contribution in [0.25, 0.3) is 0 Å². The van der Waals surface area contributed by atoms with Gasteiger partial charge in [-0.25, -0.2) is 4.79 Å². The maximum atomic E-state index is 13.2. The third-order valence-corrected chi connectivity index (χ3v) is 5.38. The quantitative estimate of drug-likeness (QED) is 0.720. The lowest BCUT2D eigenvalue weighted by molar-refractivity contribution is -0.135. The Morgan fingerprint density at radius 3 is 2.57 bits per heavy atom. The Bertz CT molecular complexity index is 731. The average Bonchev–Trinajstić information content (AvgIpc) is 2.88. The molecular weight excluding hydrogens is 362 g/mol. The SMILES string of the molecule is CC(C)CN1C(=O)N(CCCO)C(=O)C12CCN(C(=O)c1cccnn1)CC2. The van der Waals surface area contributed by atoms with Crippen molar-refractivity contribution in [3.63, 3.8) is 0 Å². The second kappa shape index (κ2) is 8.22. The Kier molecular flexibility index (Phi) is 5.93. The molecule has 1 spiro atoms. The number of nitrogens with zero attached hydrogens (tertiary/aromatic N) is 5. The van der Waals surface area contributed by atoms with Crippen molar-refractivity contribution >= 4 is 17.8 Å². The highest BCUT2D eigenvalue weighted by molar-refractivity contribution is 6.07. The lowest BCUT2D eigenvalue weighted by Crippen LogP contribution is -2.58. The molecule has 9 heteroatoms. The predicted molar refractivity (Wildman–Crippen MR) is 100 cm³/mol. The van der Waals surface area contributed by atoms with Gasteiger partial charge in [-0.3, -0.25) is 14.5 Å². The van der Waals surface area contributed by atoms with E-state index in [0.29, 0.717) is 38.9 Å². The third-order valence-electron chi connectivity index (χ3n) is 5.38. The van der Waals surface area contributed by atoms with E-state index in [1.165, 1.54) is 11.1 Å². The van der Waals surface area contributed by atoms with Crippen LogP contribution in [0.1, 0.15) is 43.6 Å². The molecule has 1 aromatic rings. The zero-order valence-electron chi connectivity index (χ0n) is 16.4. The molecule has 0 saturated carbocycles. The van der Waals surface area contributed by atoms with Gasteiger partial charge in [0.2, 0.25) is 0 Å². The summed E-state index contributed by atoms with van der Waals surface area (Å²) in [6, 6.07) is 2.99. The fourth-order valence-electron chi connectivity index (χ4n) is 3.97. The Morgan fingerprint density at radius 2 is 2.00 bits per heavy atom. The minimum Gasteiger partial charge on any atom is -0.396 e. The van der Waals surface area contributed by atoms with Crippen molar-refractivity contribution in [1.29, 1.82) is 0 Å². The number of aliphatic hydroxyl groups is 1. The van der Waals surface area contributed by atoms with Gasteiger partial charge in [0.1, 0.15) is 5.54 Å². The lowest BCUT2D eigenvalue weighted by atomic mass is 9.85. The van der Waals surface area contributed by atoms with E-state index in [9.17, 15) is 14.4 Å². The largest absolute Gasteiger partial charge is 0.396 e. The number of hydrogen-bond acceptors (Lipinski definition) is 6. The van der Waals surface area contributed by atoms with E-state index in [1.807, 2.05) is 13.8 Å². The molecule has 0 atom stereocenters. The highest BCUT2D eigenvalue weighted by atomic mass is 16.3. The van der Waals surface area contributed by atoms with Crippen molar-refractivity contribution in [2.24, 2.45) is 5.92 Å². The summed E-state index contributed by atoms with van der Waals surface area (Å²) >= 11 is 0. The third kappa shape index (κ3) is 3.58. The van der Waals surface area contributed by atoms with Gasteiger partial charge < -0.3 is 14.9 Å². The minimum atomic E-state index is -0.907. The molecule has 0 radical (unpaired) electrons. The van der Waals surface area contributed by atoms with Crippen LogP contribution in [0.2, 0.25) is 0 Å². The van der Waals surface area contributed by atoms with E-state index in [-0.39, 0.29) is 42.6 Å². The second-order valence-corrected chi connectivity index (χ2v) is 7.75. The van der Waals surface area contributed by atoms with Gasteiger partial charge in [0.15, 0.2) is 5.69 Å². The van der Waals surface area contributed by atoms with Crippen molar-refractivity contribution in [3.05, 3.63) is 24.0 Å². The number of amides is 4. The molecule has 0 aromatic carbocycles. The molecule has 3 rings (SSSR count). The van der Waals surface area contributed by atoms with Crippen LogP contribution >= 0.6 is 0 Å². The Balaban J connectivity index is 1.78. The molecule has 0 bridgehead atoms. The Morgan fingerprint density at radius 1 is 1.29 bits per heavy atom. The monoisotopic (exact) mass is 389 g/mol. The van der Waals surface area contributed by atoms with Gasteiger partial charge in [0.05, 0.1) is 0 Å². The first-order chi connectivity index (χ1) is 13.4. The predicted octanol–water partition coefficient (Wildman–Crippen LogP) is 0.754. The van der Waals surface area contributed by atoms with Crippen LogP contribution in [0.15, 0.2) is 18.3 Å². The topological polar surface area (TPSA) is 107 Å². The van der Waals surface area contributed by atoms with Crippen LogP contribution in [-0.4, -0.2) is 86.2 Å². The first-order valence-electron chi connectivity index (χ1n) is 9.72. The molecule has 2 fully saturated rings. The minimum absolute atomic E-state index is 0.0748.